The summed E-state index contributed by atoms with van der Waals surface area (Å²) in [7, 11) is 1.55. The van der Waals surface area contributed by atoms with Gasteiger partial charge in [-0.1, -0.05) is 19.3 Å². The number of carbonyl (C=O) groups excluding carboxylic acids is 2. The molecule has 0 aromatic carbocycles. The highest BCUT2D eigenvalue weighted by atomic mass is 16.5. The molecule has 0 saturated heterocycles. The van der Waals surface area contributed by atoms with Crippen LogP contribution in [0.2, 0.25) is 0 Å². The zero-order valence-corrected chi connectivity index (χ0v) is 10.1. The number of Topliss-reactive ketones (excluding diaryl/α,β-unsaturated/α-hetero) is 1. The van der Waals surface area contributed by atoms with Crippen LogP contribution in [0.1, 0.15) is 45.4 Å². The fourth-order valence-corrected chi connectivity index (χ4v) is 2.22. The molecule has 1 aliphatic carbocycles. The number of ether oxygens (including phenoxy) is 2. The van der Waals surface area contributed by atoms with E-state index in [1.807, 2.05) is 0 Å². The summed E-state index contributed by atoms with van der Waals surface area (Å²) in [6, 6.07) is 0. The van der Waals surface area contributed by atoms with E-state index in [1.165, 1.54) is 0 Å². The lowest BCUT2D eigenvalue weighted by Crippen LogP contribution is -2.43. The predicted octanol–water partition coefficient (Wildman–Crippen LogP) is 1.86. The third-order valence-corrected chi connectivity index (χ3v) is 3.17. The van der Waals surface area contributed by atoms with Crippen molar-refractivity contribution in [2.75, 3.05) is 13.7 Å². The SMILES string of the molecule is CCOC(=O)CC(=O)C1(OC)CCCCC1. The van der Waals surface area contributed by atoms with Gasteiger partial charge < -0.3 is 9.47 Å². The second-order valence-electron chi connectivity index (χ2n) is 4.16. The molecule has 4 heteroatoms. The highest BCUT2D eigenvalue weighted by Crippen LogP contribution is 2.32. The maximum absolute atomic E-state index is 12.0. The molecule has 1 rings (SSSR count). The molecule has 92 valence electrons. The van der Waals surface area contributed by atoms with Crippen LogP contribution in [0, 0.1) is 0 Å². The van der Waals surface area contributed by atoms with Gasteiger partial charge in [0.05, 0.1) is 6.61 Å². The van der Waals surface area contributed by atoms with Crippen LogP contribution < -0.4 is 0 Å². The molecule has 0 radical (unpaired) electrons. The Morgan fingerprint density at radius 1 is 1.19 bits per heavy atom. The van der Waals surface area contributed by atoms with Crippen molar-refractivity contribution in [3.63, 3.8) is 0 Å². The normalized spacial score (nSPS) is 19.1. The van der Waals surface area contributed by atoms with Crippen molar-refractivity contribution in [2.45, 2.75) is 51.0 Å². The van der Waals surface area contributed by atoms with Crippen LogP contribution in [0.5, 0.6) is 0 Å². The van der Waals surface area contributed by atoms with Gasteiger partial charge in [-0.2, -0.15) is 0 Å². The van der Waals surface area contributed by atoms with E-state index in [1.54, 1.807) is 14.0 Å². The Morgan fingerprint density at radius 3 is 2.31 bits per heavy atom. The Morgan fingerprint density at radius 2 is 1.81 bits per heavy atom. The molecule has 0 spiro atoms. The maximum Gasteiger partial charge on any atom is 0.313 e. The molecular formula is C12H20O4. The van der Waals surface area contributed by atoms with Crippen molar-refractivity contribution < 1.29 is 19.1 Å². The van der Waals surface area contributed by atoms with E-state index in [4.69, 9.17) is 9.47 Å². The number of ketones is 1. The van der Waals surface area contributed by atoms with Crippen LogP contribution in [-0.4, -0.2) is 31.1 Å². The molecule has 0 heterocycles. The molecule has 0 aromatic heterocycles. The molecular weight excluding hydrogens is 208 g/mol. The lowest BCUT2D eigenvalue weighted by molar-refractivity contribution is -0.154. The van der Waals surface area contributed by atoms with Crippen molar-refractivity contribution in [1.29, 1.82) is 0 Å². The van der Waals surface area contributed by atoms with Gasteiger partial charge in [0.25, 0.3) is 0 Å². The summed E-state index contributed by atoms with van der Waals surface area (Å²) in [5.41, 5.74) is -0.731. The number of hydrogen-bond acceptors (Lipinski definition) is 4. The van der Waals surface area contributed by atoms with E-state index in [0.717, 1.165) is 32.1 Å². The number of methoxy groups -OCH3 is 1. The molecule has 1 aliphatic rings. The van der Waals surface area contributed by atoms with E-state index >= 15 is 0 Å². The van der Waals surface area contributed by atoms with Crippen LogP contribution in [0.25, 0.3) is 0 Å². The van der Waals surface area contributed by atoms with Gasteiger partial charge >= 0.3 is 5.97 Å². The van der Waals surface area contributed by atoms with E-state index in [2.05, 4.69) is 0 Å². The Labute approximate surface area is 96.3 Å². The van der Waals surface area contributed by atoms with Gasteiger partial charge in [0.2, 0.25) is 0 Å². The van der Waals surface area contributed by atoms with Gasteiger partial charge in [-0.25, -0.2) is 0 Å². The fraction of sp³-hybridized carbons (Fsp3) is 0.833. The average Bonchev–Trinajstić information content (AvgIpc) is 2.30. The Bertz CT molecular complexity index is 254. The monoisotopic (exact) mass is 228 g/mol. The number of carbonyl (C=O) groups is 2. The van der Waals surface area contributed by atoms with Gasteiger partial charge in [-0.3, -0.25) is 9.59 Å². The molecule has 0 atom stereocenters. The van der Waals surface area contributed by atoms with Gasteiger partial charge in [0, 0.05) is 7.11 Å². The Kier molecular flexibility index (Phi) is 4.93. The molecule has 0 aromatic rings. The van der Waals surface area contributed by atoms with Crippen molar-refractivity contribution in [2.24, 2.45) is 0 Å². The quantitative estimate of drug-likeness (QED) is 0.532. The van der Waals surface area contributed by atoms with Crippen molar-refractivity contribution >= 4 is 11.8 Å². The summed E-state index contributed by atoms with van der Waals surface area (Å²) in [4.78, 5) is 23.3. The number of rotatable bonds is 5. The van der Waals surface area contributed by atoms with Gasteiger partial charge in [0.15, 0.2) is 5.78 Å². The molecule has 1 saturated carbocycles. The second kappa shape index (κ2) is 5.99. The average molecular weight is 228 g/mol. The summed E-state index contributed by atoms with van der Waals surface area (Å²) in [5, 5.41) is 0. The minimum atomic E-state index is -0.731. The van der Waals surface area contributed by atoms with Crippen LogP contribution in [0.15, 0.2) is 0 Å². The summed E-state index contributed by atoms with van der Waals surface area (Å²) in [6.45, 7) is 2.04. The van der Waals surface area contributed by atoms with E-state index in [-0.39, 0.29) is 12.2 Å². The minimum absolute atomic E-state index is 0.131. The van der Waals surface area contributed by atoms with Crippen LogP contribution in [-0.2, 0) is 19.1 Å². The summed E-state index contributed by atoms with van der Waals surface area (Å²) in [5.74, 6) is -0.581. The topological polar surface area (TPSA) is 52.6 Å². The number of hydrogen-bond donors (Lipinski definition) is 0. The molecule has 0 bridgehead atoms. The first-order valence-electron chi connectivity index (χ1n) is 5.88. The molecule has 4 nitrogen and oxygen atoms in total. The summed E-state index contributed by atoms with van der Waals surface area (Å²) in [6.07, 6.45) is 4.40. The van der Waals surface area contributed by atoms with E-state index < -0.39 is 11.6 Å². The molecule has 0 N–H and O–H groups in total. The fourth-order valence-electron chi connectivity index (χ4n) is 2.22. The molecule has 1 fully saturated rings. The molecule has 0 unspecified atom stereocenters. The first kappa shape index (κ1) is 13.2. The minimum Gasteiger partial charge on any atom is -0.466 e. The Balaban J connectivity index is 2.58. The van der Waals surface area contributed by atoms with Crippen LogP contribution in [0.4, 0.5) is 0 Å². The zero-order valence-electron chi connectivity index (χ0n) is 10.1. The molecule has 16 heavy (non-hydrogen) atoms. The lowest BCUT2D eigenvalue weighted by atomic mass is 9.80. The van der Waals surface area contributed by atoms with E-state index in [9.17, 15) is 9.59 Å². The summed E-state index contributed by atoms with van der Waals surface area (Å²) < 4.78 is 10.1. The van der Waals surface area contributed by atoms with Gasteiger partial charge in [-0.05, 0) is 19.8 Å². The van der Waals surface area contributed by atoms with Gasteiger partial charge in [-0.15, -0.1) is 0 Å². The summed E-state index contributed by atoms with van der Waals surface area (Å²) >= 11 is 0. The van der Waals surface area contributed by atoms with Crippen molar-refractivity contribution in [3.8, 4) is 0 Å². The van der Waals surface area contributed by atoms with Crippen LogP contribution in [0.3, 0.4) is 0 Å². The number of esters is 1. The second-order valence-corrected chi connectivity index (χ2v) is 4.16. The zero-order chi connectivity index (χ0) is 12.0. The first-order valence-corrected chi connectivity index (χ1v) is 5.88. The Hall–Kier alpha value is -0.900. The van der Waals surface area contributed by atoms with E-state index in [0.29, 0.717) is 6.61 Å². The van der Waals surface area contributed by atoms with Gasteiger partial charge in [0.1, 0.15) is 12.0 Å². The largest absolute Gasteiger partial charge is 0.466 e. The highest BCUT2D eigenvalue weighted by molar-refractivity contribution is 6.00. The maximum atomic E-state index is 12.0. The third kappa shape index (κ3) is 3.04. The van der Waals surface area contributed by atoms with Crippen molar-refractivity contribution in [1.82, 2.24) is 0 Å². The van der Waals surface area contributed by atoms with Crippen LogP contribution >= 0.6 is 0 Å². The smallest absolute Gasteiger partial charge is 0.313 e. The standard InChI is InChI=1S/C12H20O4/c1-3-16-11(14)9-10(13)12(15-2)7-5-4-6-8-12/h3-9H2,1-2H3. The predicted molar refractivity (Wildman–Crippen MR) is 59.1 cm³/mol. The lowest BCUT2D eigenvalue weighted by Gasteiger charge is -2.34. The van der Waals surface area contributed by atoms with Crippen molar-refractivity contribution in [3.05, 3.63) is 0 Å². The first-order chi connectivity index (χ1) is 7.64. The molecule has 0 aliphatic heterocycles. The highest BCUT2D eigenvalue weighted by Gasteiger charge is 2.40. The molecule has 0 amide bonds. The third-order valence-electron chi connectivity index (χ3n) is 3.17.